The number of rotatable bonds is 2. The molecule has 1 unspecified atom stereocenters. The molecule has 1 aliphatic heterocycles. The Kier molecular flexibility index (Phi) is 2.32. The molecule has 0 aliphatic carbocycles. The summed E-state index contributed by atoms with van der Waals surface area (Å²) in [5, 5.41) is 2.89. The van der Waals surface area contributed by atoms with Crippen molar-refractivity contribution in [3.05, 3.63) is 18.6 Å². The molecule has 1 saturated heterocycles. The monoisotopic (exact) mass is 206 g/mol. The van der Waals surface area contributed by atoms with E-state index >= 15 is 0 Å². The van der Waals surface area contributed by atoms with Gasteiger partial charge in [-0.25, -0.2) is 9.97 Å². The quantitative estimate of drug-likeness (QED) is 0.669. The Morgan fingerprint density at radius 3 is 2.87 bits per heavy atom. The number of likely N-dealkylation sites (N-methyl/N-ethyl adjacent to an activating group) is 1. The summed E-state index contributed by atoms with van der Waals surface area (Å²) in [5.74, 6) is 0.150. The molecule has 78 valence electrons. The van der Waals surface area contributed by atoms with Gasteiger partial charge in [0.15, 0.2) is 0 Å². The van der Waals surface area contributed by atoms with Crippen molar-refractivity contribution in [1.29, 1.82) is 0 Å². The Morgan fingerprint density at radius 2 is 2.33 bits per heavy atom. The standard InChI is InChI=1S/C9H10N4O2/c1-13-8(14)4-6(9(13)15)12-7-2-3-10-5-11-7/h2-3,5-6H,4H2,1H3,(H,10,11,12). The number of hydrogen-bond acceptors (Lipinski definition) is 5. The third-order valence-corrected chi connectivity index (χ3v) is 2.29. The van der Waals surface area contributed by atoms with Crippen LogP contribution in [-0.4, -0.2) is 39.8 Å². The lowest BCUT2D eigenvalue weighted by Gasteiger charge is -2.10. The number of imide groups is 1. The largest absolute Gasteiger partial charge is 0.358 e. The Labute approximate surface area is 86.3 Å². The fourth-order valence-corrected chi connectivity index (χ4v) is 1.42. The SMILES string of the molecule is CN1C(=O)CC(Nc2ccncn2)C1=O. The summed E-state index contributed by atoms with van der Waals surface area (Å²) >= 11 is 0. The number of anilines is 1. The minimum absolute atomic E-state index is 0.174. The normalized spacial score (nSPS) is 20.9. The number of carbonyl (C=O) groups is 2. The molecule has 1 fully saturated rings. The smallest absolute Gasteiger partial charge is 0.251 e. The second-order valence-electron chi connectivity index (χ2n) is 3.29. The zero-order valence-corrected chi connectivity index (χ0v) is 8.17. The number of likely N-dealkylation sites (tertiary alicyclic amines) is 1. The maximum absolute atomic E-state index is 11.5. The van der Waals surface area contributed by atoms with E-state index in [2.05, 4.69) is 15.3 Å². The summed E-state index contributed by atoms with van der Waals surface area (Å²) in [6, 6.07) is 1.15. The molecule has 15 heavy (non-hydrogen) atoms. The van der Waals surface area contributed by atoms with E-state index in [9.17, 15) is 9.59 Å². The highest BCUT2D eigenvalue weighted by Gasteiger charge is 2.35. The van der Waals surface area contributed by atoms with Crippen molar-refractivity contribution >= 4 is 17.6 Å². The van der Waals surface area contributed by atoms with E-state index < -0.39 is 6.04 Å². The maximum Gasteiger partial charge on any atom is 0.251 e. The van der Waals surface area contributed by atoms with Crippen LogP contribution in [0.1, 0.15) is 6.42 Å². The predicted octanol–water partition coefficient (Wildman–Crippen LogP) is -0.354. The van der Waals surface area contributed by atoms with Crippen molar-refractivity contribution in [2.75, 3.05) is 12.4 Å². The lowest BCUT2D eigenvalue weighted by molar-refractivity contribution is -0.136. The van der Waals surface area contributed by atoms with E-state index in [0.29, 0.717) is 5.82 Å². The van der Waals surface area contributed by atoms with Crippen LogP contribution in [0.4, 0.5) is 5.82 Å². The molecule has 1 atom stereocenters. The molecule has 0 bridgehead atoms. The van der Waals surface area contributed by atoms with E-state index in [1.54, 1.807) is 12.3 Å². The van der Waals surface area contributed by atoms with Gasteiger partial charge in [0.1, 0.15) is 18.2 Å². The molecule has 1 aliphatic rings. The average molecular weight is 206 g/mol. The highest BCUT2D eigenvalue weighted by molar-refractivity contribution is 6.06. The number of aromatic nitrogens is 2. The molecular weight excluding hydrogens is 196 g/mol. The van der Waals surface area contributed by atoms with Crippen molar-refractivity contribution in [1.82, 2.24) is 14.9 Å². The summed E-state index contributed by atoms with van der Waals surface area (Å²) in [6.45, 7) is 0. The van der Waals surface area contributed by atoms with Crippen molar-refractivity contribution in [3.63, 3.8) is 0 Å². The Hall–Kier alpha value is -1.98. The molecule has 6 nitrogen and oxygen atoms in total. The minimum atomic E-state index is -0.502. The predicted molar refractivity (Wildman–Crippen MR) is 51.8 cm³/mol. The van der Waals surface area contributed by atoms with Gasteiger partial charge in [-0.05, 0) is 6.07 Å². The van der Waals surface area contributed by atoms with Crippen LogP contribution in [0.5, 0.6) is 0 Å². The summed E-state index contributed by atoms with van der Waals surface area (Å²) < 4.78 is 0. The molecule has 6 heteroatoms. The summed E-state index contributed by atoms with van der Waals surface area (Å²) in [7, 11) is 1.48. The molecule has 2 rings (SSSR count). The molecule has 0 aromatic carbocycles. The Bertz CT molecular complexity index is 392. The third kappa shape index (κ3) is 1.78. The molecule has 0 spiro atoms. The van der Waals surface area contributed by atoms with Gasteiger partial charge >= 0.3 is 0 Å². The molecule has 1 N–H and O–H groups in total. The van der Waals surface area contributed by atoms with Crippen LogP contribution in [0.3, 0.4) is 0 Å². The molecule has 1 aromatic heterocycles. The molecule has 2 amide bonds. The summed E-state index contributed by atoms with van der Waals surface area (Å²) in [6.07, 6.45) is 3.13. The topological polar surface area (TPSA) is 75.2 Å². The van der Waals surface area contributed by atoms with Gasteiger partial charge in [0, 0.05) is 13.2 Å². The van der Waals surface area contributed by atoms with Crippen molar-refractivity contribution in [3.8, 4) is 0 Å². The van der Waals surface area contributed by atoms with Crippen LogP contribution in [-0.2, 0) is 9.59 Å². The first-order chi connectivity index (χ1) is 7.18. The van der Waals surface area contributed by atoms with Crippen molar-refractivity contribution in [2.24, 2.45) is 0 Å². The van der Waals surface area contributed by atoms with Crippen LogP contribution in [0, 0.1) is 0 Å². The first-order valence-electron chi connectivity index (χ1n) is 4.51. The molecule has 1 aromatic rings. The van der Waals surface area contributed by atoms with Gasteiger partial charge in [0.2, 0.25) is 5.91 Å². The number of carbonyl (C=O) groups excluding carboxylic acids is 2. The number of nitrogens with one attached hydrogen (secondary N) is 1. The van der Waals surface area contributed by atoms with Gasteiger partial charge in [-0.3, -0.25) is 14.5 Å². The fraction of sp³-hybridized carbons (Fsp3) is 0.333. The first kappa shape index (κ1) is 9.57. The van der Waals surface area contributed by atoms with Crippen LogP contribution >= 0.6 is 0 Å². The highest BCUT2D eigenvalue weighted by atomic mass is 16.2. The number of amides is 2. The number of hydrogen-bond donors (Lipinski definition) is 1. The van der Waals surface area contributed by atoms with Crippen LogP contribution < -0.4 is 5.32 Å². The molecule has 0 saturated carbocycles. The fourth-order valence-electron chi connectivity index (χ4n) is 1.42. The third-order valence-electron chi connectivity index (χ3n) is 2.29. The van der Waals surface area contributed by atoms with E-state index in [-0.39, 0.29) is 18.2 Å². The van der Waals surface area contributed by atoms with Crippen LogP contribution in [0.25, 0.3) is 0 Å². The molecule has 0 radical (unpaired) electrons. The van der Waals surface area contributed by atoms with Crippen molar-refractivity contribution in [2.45, 2.75) is 12.5 Å². The highest BCUT2D eigenvalue weighted by Crippen LogP contribution is 2.14. The van der Waals surface area contributed by atoms with E-state index in [0.717, 1.165) is 4.90 Å². The van der Waals surface area contributed by atoms with Gasteiger partial charge in [0.25, 0.3) is 5.91 Å². The molecule has 2 heterocycles. The van der Waals surface area contributed by atoms with Crippen LogP contribution in [0.2, 0.25) is 0 Å². The lowest BCUT2D eigenvalue weighted by Crippen LogP contribution is -2.32. The lowest BCUT2D eigenvalue weighted by atomic mass is 10.2. The minimum Gasteiger partial charge on any atom is -0.358 e. The number of nitrogens with zero attached hydrogens (tertiary/aromatic N) is 3. The zero-order chi connectivity index (χ0) is 10.8. The van der Waals surface area contributed by atoms with E-state index in [1.807, 2.05) is 0 Å². The van der Waals surface area contributed by atoms with Gasteiger partial charge in [0.05, 0.1) is 6.42 Å². The van der Waals surface area contributed by atoms with Crippen LogP contribution in [0.15, 0.2) is 18.6 Å². The summed E-state index contributed by atoms with van der Waals surface area (Å²) in [4.78, 5) is 31.5. The Morgan fingerprint density at radius 1 is 1.53 bits per heavy atom. The second kappa shape index (κ2) is 3.64. The van der Waals surface area contributed by atoms with Gasteiger partial charge in [-0.2, -0.15) is 0 Å². The zero-order valence-electron chi connectivity index (χ0n) is 8.17. The van der Waals surface area contributed by atoms with Gasteiger partial charge < -0.3 is 5.32 Å². The van der Waals surface area contributed by atoms with Gasteiger partial charge in [-0.15, -0.1) is 0 Å². The Balaban J connectivity index is 2.09. The van der Waals surface area contributed by atoms with E-state index in [1.165, 1.54) is 13.4 Å². The average Bonchev–Trinajstić information content (AvgIpc) is 2.48. The van der Waals surface area contributed by atoms with E-state index in [4.69, 9.17) is 0 Å². The molecular formula is C9H10N4O2. The van der Waals surface area contributed by atoms with Gasteiger partial charge in [-0.1, -0.05) is 0 Å². The first-order valence-corrected chi connectivity index (χ1v) is 4.51. The van der Waals surface area contributed by atoms with Crippen molar-refractivity contribution < 1.29 is 9.59 Å². The second-order valence-corrected chi connectivity index (χ2v) is 3.29. The summed E-state index contributed by atoms with van der Waals surface area (Å²) in [5.41, 5.74) is 0. The maximum atomic E-state index is 11.5.